The zero-order valence-electron chi connectivity index (χ0n) is 9.04. The molecule has 0 amide bonds. The topological polar surface area (TPSA) is 29.3 Å². The fraction of sp³-hybridized carbons (Fsp3) is 0.500. The van der Waals surface area contributed by atoms with Crippen LogP contribution in [0.4, 0.5) is 4.39 Å². The number of nitrogens with two attached hydrogens (primary N) is 1. The quantitative estimate of drug-likeness (QED) is 0.823. The zero-order chi connectivity index (χ0) is 10.8. The van der Waals surface area contributed by atoms with E-state index >= 15 is 0 Å². The Bertz CT molecular complexity index is 347. The van der Waals surface area contributed by atoms with Crippen molar-refractivity contribution < 1.29 is 4.39 Å². The molecule has 1 saturated heterocycles. The molecular formula is C12H17FN2. The zero-order valence-corrected chi connectivity index (χ0v) is 9.04. The molecule has 0 radical (unpaired) electrons. The Kier molecular flexibility index (Phi) is 3.03. The summed E-state index contributed by atoms with van der Waals surface area (Å²) >= 11 is 0. The molecule has 0 spiro atoms. The van der Waals surface area contributed by atoms with Gasteiger partial charge in [-0.3, -0.25) is 4.90 Å². The van der Waals surface area contributed by atoms with Crippen molar-refractivity contribution in [1.82, 2.24) is 4.90 Å². The van der Waals surface area contributed by atoms with E-state index < -0.39 is 0 Å². The molecule has 1 aliphatic heterocycles. The van der Waals surface area contributed by atoms with Gasteiger partial charge < -0.3 is 5.73 Å². The van der Waals surface area contributed by atoms with Gasteiger partial charge in [0.15, 0.2) is 0 Å². The molecule has 0 aromatic heterocycles. The maximum atomic E-state index is 13.5. The Balaban J connectivity index is 2.29. The van der Waals surface area contributed by atoms with E-state index in [4.69, 9.17) is 5.73 Å². The van der Waals surface area contributed by atoms with Crippen molar-refractivity contribution in [3.63, 3.8) is 0 Å². The number of rotatable bonds is 3. The molecule has 1 atom stereocenters. The molecule has 0 aliphatic carbocycles. The predicted molar refractivity (Wildman–Crippen MR) is 58.9 cm³/mol. The lowest BCUT2D eigenvalue weighted by molar-refractivity contribution is 0.128. The Morgan fingerprint density at radius 2 is 2.20 bits per heavy atom. The molecule has 0 saturated carbocycles. The molecule has 2 rings (SSSR count). The van der Waals surface area contributed by atoms with E-state index in [2.05, 4.69) is 11.8 Å². The van der Waals surface area contributed by atoms with Gasteiger partial charge in [-0.05, 0) is 38.1 Å². The SMILES string of the molecule is C[C@@H](c1cccc(F)c1CN)N1CCC1. The summed E-state index contributed by atoms with van der Waals surface area (Å²) in [5, 5.41) is 0. The van der Waals surface area contributed by atoms with Crippen LogP contribution in [0.1, 0.15) is 30.5 Å². The van der Waals surface area contributed by atoms with Gasteiger partial charge in [-0.2, -0.15) is 0 Å². The van der Waals surface area contributed by atoms with E-state index in [0.29, 0.717) is 5.56 Å². The third-order valence-electron chi connectivity index (χ3n) is 3.25. The van der Waals surface area contributed by atoms with E-state index in [1.807, 2.05) is 6.07 Å². The molecule has 0 bridgehead atoms. The monoisotopic (exact) mass is 208 g/mol. The van der Waals surface area contributed by atoms with Gasteiger partial charge >= 0.3 is 0 Å². The maximum Gasteiger partial charge on any atom is 0.128 e. The van der Waals surface area contributed by atoms with Crippen molar-refractivity contribution in [3.05, 3.63) is 35.1 Å². The van der Waals surface area contributed by atoms with Crippen LogP contribution in [0, 0.1) is 5.82 Å². The first-order chi connectivity index (χ1) is 7.24. The van der Waals surface area contributed by atoms with Gasteiger partial charge in [0.25, 0.3) is 0 Å². The standard InChI is InChI=1S/C12H17FN2/c1-9(15-6-3-7-15)10-4-2-5-12(13)11(10)8-14/h2,4-5,9H,3,6-8,14H2,1H3/t9-/m0/s1. The lowest BCUT2D eigenvalue weighted by Gasteiger charge is -2.37. The van der Waals surface area contributed by atoms with E-state index in [9.17, 15) is 4.39 Å². The Hall–Kier alpha value is -0.930. The van der Waals surface area contributed by atoms with Gasteiger partial charge in [-0.15, -0.1) is 0 Å². The average Bonchev–Trinajstić information content (AvgIpc) is 2.14. The van der Waals surface area contributed by atoms with Crippen molar-refractivity contribution in [3.8, 4) is 0 Å². The van der Waals surface area contributed by atoms with Gasteiger partial charge in [-0.25, -0.2) is 4.39 Å². The molecule has 2 N–H and O–H groups in total. The molecule has 1 aromatic rings. The van der Waals surface area contributed by atoms with Crippen LogP contribution in [-0.2, 0) is 6.54 Å². The third-order valence-corrected chi connectivity index (χ3v) is 3.25. The van der Waals surface area contributed by atoms with Crippen LogP contribution >= 0.6 is 0 Å². The van der Waals surface area contributed by atoms with E-state index in [1.54, 1.807) is 6.07 Å². The summed E-state index contributed by atoms with van der Waals surface area (Å²) in [6.45, 7) is 4.62. The first-order valence-electron chi connectivity index (χ1n) is 5.45. The first kappa shape index (κ1) is 10.6. The van der Waals surface area contributed by atoms with E-state index in [1.165, 1.54) is 12.5 Å². The van der Waals surface area contributed by atoms with Gasteiger partial charge in [0, 0.05) is 18.2 Å². The minimum atomic E-state index is -0.178. The molecule has 1 aromatic carbocycles. The normalized spacial score (nSPS) is 18.6. The van der Waals surface area contributed by atoms with Crippen LogP contribution in [-0.4, -0.2) is 18.0 Å². The molecule has 1 heterocycles. The fourth-order valence-corrected chi connectivity index (χ4v) is 2.11. The summed E-state index contributed by atoms with van der Waals surface area (Å²) in [7, 11) is 0. The van der Waals surface area contributed by atoms with Crippen molar-refractivity contribution in [2.75, 3.05) is 13.1 Å². The van der Waals surface area contributed by atoms with E-state index in [0.717, 1.165) is 18.7 Å². The number of halogens is 1. The average molecular weight is 208 g/mol. The second kappa shape index (κ2) is 4.29. The number of hydrogen-bond donors (Lipinski definition) is 1. The van der Waals surface area contributed by atoms with Crippen molar-refractivity contribution >= 4 is 0 Å². The Morgan fingerprint density at radius 1 is 1.47 bits per heavy atom. The Morgan fingerprint density at radius 3 is 2.73 bits per heavy atom. The highest BCUT2D eigenvalue weighted by Gasteiger charge is 2.23. The predicted octanol–water partition coefficient (Wildman–Crippen LogP) is 2.05. The minimum absolute atomic E-state index is 0.178. The number of likely N-dealkylation sites (tertiary alicyclic amines) is 1. The molecule has 82 valence electrons. The summed E-state index contributed by atoms with van der Waals surface area (Å²) in [5.41, 5.74) is 7.29. The Labute approximate surface area is 89.9 Å². The largest absolute Gasteiger partial charge is 0.326 e. The lowest BCUT2D eigenvalue weighted by Crippen LogP contribution is -2.39. The minimum Gasteiger partial charge on any atom is -0.326 e. The third kappa shape index (κ3) is 1.90. The molecule has 1 fully saturated rings. The highest BCUT2D eigenvalue weighted by Crippen LogP contribution is 2.28. The van der Waals surface area contributed by atoms with Crippen LogP contribution in [0.3, 0.4) is 0 Å². The summed E-state index contributed by atoms with van der Waals surface area (Å²) in [6, 6.07) is 5.51. The summed E-state index contributed by atoms with van der Waals surface area (Å²) in [5.74, 6) is -0.178. The van der Waals surface area contributed by atoms with Crippen molar-refractivity contribution in [1.29, 1.82) is 0 Å². The number of benzene rings is 1. The summed E-state index contributed by atoms with van der Waals surface area (Å²) in [4.78, 5) is 2.34. The van der Waals surface area contributed by atoms with Crippen molar-refractivity contribution in [2.24, 2.45) is 5.73 Å². The second-order valence-electron chi connectivity index (χ2n) is 4.08. The lowest BCUT2D eigenvalue weighted by atomic mass is 9.97. The molecule has 1 aliphatic rings. The van der Waals surface area contributed by atoms with Crippen molar-refractivity contribution in [2.45, 2.75) is 25.9 Å². The maximum absolute atomic E-state index is 13.5. The highest BCUT2D eigenvalue weighted by atomic mass is 19.1. The van der Waals surface area contributed by atoms with Crippen LogP contribution < -0.4 is 5.73 Å². The van der Waals surface area contributed by atoms with Gasteiger partial charge in [-0.1, -0.05) is 12.1 Å². The second-order valence-corrected chi connectivity index (χ2v) is 4.08. The molecule has 0 unspecified atom stereocenters. The molecule has 3 heteroatoms. The highest BCUT2D eigenvalue weighted by molar-refractivity contribution is 5.31. The van der Waals surface area contributed by atoms with E-state index in [-0.39, 0.29) is 18.4 Å². The summed E-state index contributed by atoms with van der Waals surface area (Å²) < 4.78 is 13.5. The van der Waals surface area contributed by atoms with Crippen LogP contribution in [0.25, 0.3) is 0 Å². The van der Waals surface area contributed by atoms with Gasteiger partial charge in [0.2, 0.25) is 0 Å². The van der Waals surface area contributed by atoms with Crippen LogP contribution in [0.15, 0.2) is 18.2 Å². The molecule has 2 nitrogen and oxygen atoms in total. The smallest absolute Gasteiger partial charge is 0.128 e. The van der Waals surface area contributed by atoms with Crippen LogP contribution in [0.2, 0.25) is 0 Å². The first-order valence-corrected chi connectivity index (χ1v) is 5.45. The fourth-order valence-electron chi connectivity index (χ4n) is 2.11. The molecular weight excluding hydrogens is 191 g/mol. The number of hydrogen-bond acceptors (Lipinski definition) is 2. The van der Waals surface area contributed by atoms with Gasteiger partial charge in [0.1, 0.15) is 5.82 Å². The summed E-state index contributed by atoms with van der Waals surface area (Å²) in [6.07, 6.45) is 1.25. The van der Waals surface area contributed by atoms with Gasteiger partial charge in [0.05, 0.1) is 0 Å². The molecule has 15 heavy (non-hydrogen) atoms. The number of nitrogens with zero attached hydrogens (tertiary/aromatic N) is 1. The van der Waals surface area contributed by atoms with Crippen LogP contribution in [0.5, 0.6) is 0 Å².